The second-order valence-electron chi connectivity index (χ2n) is 5.17. The number of carbonyl (C=O) groups is 1. The van der Waals surface area contributed by atoms with E-state index in [-0.39, 0.29) is 12.0 Å². The monoisotopic (exact) mass is 261 g/mol. The summed E-state index contributed by atoms with van der Waals surface area (Å²) in [6, 6.07) is 10.0. The lowest BCUT2D eigenvalue weighted by Gasteiger charge is -2.35. The summed E-state index contributed by atoms with van der Waals surface area (Å²) in [5.74, 6) is 0.434. The smallest absolute Gasteiger partial charge is 0.157 e. The van der Waals surface area contributed by atoms with Crippen LogP contribution in [0.3, 0.4) is 0 Å². The lowest BCUT2D eigenvalue weighted by molar-refractivity contribution is -0.130. The molecule has 1 aromatic rings. The van der Waals surface area contributed by atoms with Gasteiger partial charge in [0.15, 0.2) is 5.78 Å². The molecule has 19 heavy (non-hydrogen) atoms. The minimum absolute atomic E-state index is 0.105. The van der Waals surface area contributed by atoms with Crippen LogP contribution in [0.15, 0.2) is 30.3 Å². The van der Waals surface area contributed by atoms with Crippen molar-refractivity contribution in [1.29, 1.82) is 0 Å². The van der Waals surface area contributed by atoms with Crippen molar-refractivity contribution in [1.82, 2.24) is 4.90 Å². The molecule has 3 heteroatoms. The molecule has 1 heterocycles. The van der Waals surface area contributed by atoms with Gasteiger partial charge in [0.2, 0.25) is 0 Å². The Labute approximate surface area is 115 Å². The molecule has 1 saturated heterocycles. The zero-order valence-corrected chi connectivity index (χ0v) is 11.8. The number of hydrogen-bond donors (Lipinski definition) is 0. The van der Waals surface area contributed by atoms with Crippen molar-refractivity contribution in [3.63, 3.8) is 0 Å². The summed E-state index contributed by atoms with van der Waals surface area (Å²) in [6.45, 7) is 7.21. The first kappa shape index (κ1) is 14.2. The lowest BCUT2D eigenvalue weighted by Crippen LogP contribution is -2.43. The van der Waals surface area contributed by atoms with E-state index < -0.39 is 0 Å². The number of morpholine rings is 1. The number of ether oxygens (including phenoxy) is 1. The van der Waals surface area contributed by atoms with Gasteiger partial charge in [-0.25, -0.2) is 0 Å². The van der Waals surface area contributed by atoms with E-state index in [1.807, 2.05) is 25.1 Å². The number of hydrogen-bond acceptors (Lipinski definition) is 3. The Bertz CT molecular complexity index is 398. The quantitative estimate of drug-likeness (QED) is 0.816. The Balaban J connectivity index is 2.24. The summed E-state index contributed by atoms with van der Waals surface area (Å²) in [5, 5.41) is 0. The first-order chi connectivity index (χ1) is 9.24. The third-order valence-electron chi connectivity index (χ3n) is 3.89. The van der Waals surface area contributed by atoms with Crippen LogP contribution in [0.1, 0.15) is 31.9 Å². The van der Waals surface area contributed by atoms with Crippen molar-refractivity contribution in [2.24, 2.45) is 5.92 Å². The number of rotatable bonds is 5. The van der Waals surface area contributed by atoms with Crippen LogP contribution in [0.4, 0.5) is 0 Å². The van der Waals surface area contributed by atoms with Crippen molar-refractivity contribution >= 4 is 5.78 Å². The van der Waals surface area contributed by atoms with E-state index in [4.69, 9.17) is 4.74 Å². The number of benzene rings is 1. The predicted octanol–water partition coefficient (Wildman–Crippen LogP) is 2.68. The fourth-order valence-electron chi connectivity index (χ4n) is 2.50. The van der Waals surface area contributed by atoms with Crippen LogP contribution in [0.5, 0.6) is 0 Å². The van der Waals surface area contributed by atoms with Gasteiger partial charge in [-0.05, 0) is 12.0 Å². The molecule has 0 amide bonds. The molecular weight excluding hydrogens is 238 g/mol. The van der Waals surface area contributed by atoms with Crippen LogP contribution < -0.4 is 0 Å². The van der Waals surface area contributed by atoms with Gasteiger partial charge in [-0.2, -0.15) is 0 Å². The fraction of sp³-hybridized carbons (Fsp3) is 0.562. The number of Topliss-reactive ketones (excluding diaryl/α,β-unsaturated/α-hetero) is 1. The molecule has 3 nitrogen and oxygen atoms in total. The van der Waals surface area contributed by atoms with Crippen LogP contribution in [-0.4, -0.2) is 37.0 Å². The molecule has 0 saturated carbocycles. The second kappa shape index (κ2) is 6.83. The zero-order chi connectivity index (χ0) is 13.7. The molecule has 0 aromatic heterocycles. The van der Waals surface area contributed by atoms with Crippen LogP contribution in [0.2, 0.25) is 0 Å². The van der Waals surface area contributed by atoms with Gasteiger partial charge in [-0.1, -0.05) is 44.2 Å². The number of carbonyl (C=O) groups excluding carboxylic acids is 1. The average Bonchev–Trinajstić information content (AvgIpc) is 2.49. The highest BCUT2D eigenvalue weighted by molar-refractivity contribution is 5.87. The Morgan fingerprint density at radius 1 is 1.26 bits per heavy atom. The van der Waals surface area contributed by atoms with Gasteiger partial charge in [0.25, 0.3) is 0 Å². The highest BCUT2D eigenvalue weighted by Crippen LogP contribution is 2.26. The zero-order valence-electron chi connectivity index (χ0n) is 11.8. The van der Waals surface area contributed by atoms with E-state index in [0.717, 1.165) is 38.3 Å². The van der Waals surface area contributed by atoms with Crippen LogP contribution in [0, 0.1) is 5.92 Å². The highest BCUT2D eigenvalue weighted by Gasteiger charge is 2.30. The van der Waals surface area contributed by atoms with Crippen LogP contribution in [-0.2, 0) is 9.53 Å². The van der Waals surface area contributed by atoms with E-state index in [1.54, 1.807) is 0 Å². The number of nitrogens with zero attached hydrogens (tertiary/aromatic N) is 1. The summed E-state index contributed by atoms with van der Waals surface area (Å²) in [4.78, 5) is 14.9. The fourth-order valence-corrected chi connectivity index (χ4v) is 2.50. The van der Waals surface area contributed by atoms with E-state index in [0.29, 0.717) is 5.78 Å². The maximum absolute atomic E-state index is 12.7. The summed E-state index contributed by atoms with van der Waals surface area (Å²) < 4.78 is 5.40. The molecule has 0 bridgehead atoms. The molecule has 1 aromatic carbocycles. The van der Waals surface area contributed by atoms with Crippen molar-refractivity contribution in [3.8, 4) is 0 Å². The van der Waals surface area contributed by atoms with Crippen LogP contribution >= 0.6 is 0 Å². The van der Waals surface area contributed by atoms with E-state index in [9.17, 15) is 4.79 Å². The Morgan fingerprint density at radius 2 is 1.89 bits per heavy atom. The summed E-state index contributed by atoms with van der Waals surface area (Å²) in [5.41, 5.74) is 1.11. The first-order valence-electron chi connectivity index (χ1n) is 7.14. The molecule has 2 rings (SSSR count). The maximum Gasteiger partial charge on any atom is 0.157 e. The molecule has 1 unspecified atom stereocenters. The van der Waals surface area contributed by atoms with Crippen molar-refractivity contribution in [2.45, 2.75) is 26.3 Å². The molecule has 104 valence electrons. The minimum Gasteiger partial charge on any atom is -0.379 e. The topological polar surface area (TPSA) is 29.5 Å². The summed E-state index contributed by atoms with van der Waals surface area (Å²) in [6.07, 6.45) is 0.895. The van der Waals surface area contributed by atoms with Gasteiger partial charge >= 0.3 is 0 Å². The molecule has 1 aliphatic rings. The molecular formula is C16H23NO2. The van der Waals surface area contributed by atoms with Crippen molar-refractivity contribution < 1.29 is 9.53 Å². The van der Waals surface area contributed by atoms with E-state index in [2.05, 4.69) is 24.0 Å². The van der Waals surface area contributed by atoms with Gasteiger partial charge < -0.3 is 4.74 Å². The predicted molar refractivity (Wildman–Crippen MR) is 76.0 cm³/mol. The Hall–Kier alpha value is -1.19. The second-order valence-corrected chi connectivity index (χ2v) is 5.17. The van der Waals surface area contributed by atoms with E-state index in [1.165, 1.54) is 0 Å². The third-order valence-corrected chi connectivity index (χ3v) is 3.89. The normalized spacial score (nSPS) is 19.9. The van der Waals surface area contributed by atoms with Gasteiger partial charge in [-0.15, -0.1) is 0 Å². The Kier molecular flexibility index (Phi) is 5.11. The van der Waals surface area contributed by atoms with Crippen molar-refractivity contribution in [2.75, 3.05) is 26.3 Å². The standard InChI is InChI=1S/C16H23NO2/c1-3-13(2)16(18)15(14-7-5-4-6-8-14)17-9-11-19-12-10-17/h4-8,13,15H,3,9-12H2,1-2H3/t13?,15-/m1/s1. The van der Waals surface area contributed by atoms with Crippen LogP contribution in [0.25, 0.3) is 0 Å². The summed E-state index contributed by atoms with van der Waals surface area (Å²) >= 11 is 0. The van der Waals surface area contributed by atoms with Crippen molar-refractivity contribution in [3.05, 3.63) is 35.9 Å². The van der Waals surface area contributed by atoms with Gasteiger partial charge in [0, 0.05) is 19.0 Å². The maximum atomic E-state index is 12.7. The molecule has 0 spiro atoms. The highest BCUT2D eigenvalue weighted by atomic mass is 16.5. The van der Waals surface area contributed by atoms with E-state index >= 15 is 0 Å². The molecule has 0 N–H and O–H groups in total. The largest absolute Gasteiger partial charge is 0.379 e. The SMILES string of the molecule is CCC(C)C(=O)[C@@H](c1ccccc1)N1CCOCC1. The van der Waals surface area contributed by atoms with Gasteiger partial charge in [-0.3, -0.25) is 9.69 Å². The molecule has 1 aliphatic heterocycles. The van der Waals surface area contributed by atoms with Gasteiger partial charge in [0.05, 0.1) is 19.3 Å². The molecule has 0 aliphatic carbocycles. The molecule has 0 radical (unpaired) electrons. The lowest BCUT2D eigenvalue weighted by atomic mass is 9.91. The first-order valence-corrected chi connectivity index (χ1v) is 7.14. The minimum atomic E-state index is -0.111. The number of ketones is 1. The average molecular weight is 261 g/mol. The molecule has 1 fully saturated rings. The third kappa shape index (κ3) is 3.43. The summed E-state index contributed by atoms with van der Waals surface area (Å²) in [7, 11) is 0. The molecule has 2 atom stereocenters. The Morgan fingerprint density at radius 3 is 2.47 bits per heavy atom. The van der Waals surface area contributed by atoms with Gasteiger partial charge in [0.1, 0.15) is 0 Å².